The lowest BCUT2D eigenvalue weighted by Crippen LogP contribution is -1.82. The maximum absolute atomic E-state index is 9.92. The summed E-state index contributed by atoms with van der Waals surface area (Å²) in [5.41, 5.74) is 1.85. The van der Waals surface area contributed by atoms with Crippen LogP contribution in [0.15, 0.2) is 46.1 Å². The van der Waals surface area contributed by atoms with E-state index in [0.717, 1.165) is 11.1 Å². The van der Waals surface area contributed by atoms with Crippen molar-refractivity contribution in [3.05, 3.63) is 42.3 Å². The number of benzene rings is 1. The van der Waals surface area contributed by atoms with Gasteiger partial charge in [0.05, 0.1) is 12.7 Å². The quantitative estimate of drug-likeness (QED) is 0.563. The van der Waals surface area contributed by atoms with Crippen molar-refractivity contribution in [2.24, 2.45) is 4.99 Å². The molecular weight excluding hydrogens is 192 g/mol. The van der Waals surface area contributed by atoms with Crippen molar-refractivity contribution in [1.29, 1.82) is 0 Å². The van der Waals surface area contributed by atoms with E-state index in [2.05, 4.69) is 9.98 Å². The first kappa shape index (κ1) is 9.37. The van der Waals surface area contributed by atoms with Crippen LogP contribution in [-0.2, 0) is 11.3 Å². The molecule has 0 aliphatic heterocycles. The van der Waals surface area contributed by atoms with Gasteiger partial charge in [-0.15, -0.1) is 0 Å². The molecule has 0 fully saturated rings. The van der Waals surface area contributed by atoms with Crippen molar-refractivity contribution in [1.82, 2.24) is 4.98 Å². The molecule has 2 rings (SSSR count). The zero-order chi connectivity index (χ0) is 10.5. The maximum Gasteiger partial charge on any atom is 0.235 e. The fourth-order valence-corrected chi connectivity index (χ4v) is 1.24. The molecule has 0 aliphatic rings. The van der Waals surface area contributed by atoms with E-state index in [9.17, 15) is 4.79 Å². The highest BCUT2D eigenvalue weighted by Gasteiger charge is 2.01. The zero-order valence-electron chi connectivity index (χ0n) is 7.88. The molecule has 1 aromatic heterocycles. The number of oxazole rings is 1. The van der Waals surface area contributed by atoms with Gasteiger partial charge in [0.25, 0.3) is 0 Å². The van der Waals surface area contributed by atoms with E-state index in [1.54, 1.807) is 6.20 Å². The topological polar surface area (TPSA) is 55.5 Å². The van der Waals surface area contributed by atoms with Crippen LogP contribution < -0.4 is 0 Å². The SMILES string of the molecule is O=C=NCc1ccc(-c2ncco2)cc1. The highest BCUT2D eigenvalue weighted by Crippen LogP contribution is 2.17. The second-order valence-corrected chi connectivity index (χ2v) is 2.94. The molecule has 1 aromatic carbocycles. The van der Waals surface area contributed by atoms with E-state index in [1.165, 1.54) is 12.3 Å². The highest BCUT2D eigenvalue weighted by molar-refractivity contribution is 5.53. The first-order chi connectivity index (χ1) is 7.40. The van der Waals surface area contributed by atoms with Crippen LogP contribution in [0.1, 0.15) is 5.56 Å². The minimum atomic E-state index is 0.357. The number of rotatable bonds is 3. The fourth-order valence-electron chi connectivity index (χ4n) is 1.24. The van der Waals surface area contributed by atoms with Crippen LogP contribution in [0.4, 0.5) is 0 Å². The molecule has 0 unspecified atom stereocenters. The lowest BCUT2D eigenvalue weighted by Gasteiger charge is -1.97. The number of hydrogen-bond acceptors (Lipinski definition) is 4. The van der Waals surface area contributed by atoms with Gasteiger partial charge in [0.15, 0.2) is 0 Å². The van der Waals surface area contributed by atoms with Gasteiger partial charge in [0, 0.05) is 5.56 Å². The fraction of sp³-hybridized carbons (Fsp3) is 0.0909. The number of nitrogens with zero attached hydrogens (tertiary/aromatic N) is 2. The van der Waals surface area contributed by atoms with Crippen molar-refractivity contribution in [2.45, 2.75) is 6.54 Å². The Balaban J connectivity index is 2.21. The molecule has 0 radical (unpaired) electrons. The van der Waals surface area contributed by atoms with Crippen molar-refractivity contribution < 1.29 is 9.21 Å². The summed E-state index contributed by atoms with van der Waals surface area (Å²) < 4.78 is 5.14. The molecule has 0 aliphatic carbocycles. The van der Waals surface area contributed by atoms with Crippen LogP contribution in [0.5, 0.6) is 0 Å². The summed E-state index contributed by atoms with van der Waals surface area (Å²) in [4.78, 5) is 17.4. The number of aromatic nitrogens is 1. The van der Waals surface area contributed by atoms with E-state index in [4.69, 9.17) is 4.42 Å². The number of isocyanates is 1. The second kappa shape index (κ2) is 4.35. The van der Waals surface area contributed by atoms with Crippen molar-refractivity contribution in [3.63, 3.8) is 0 Å². The van der Waals surface area contributed by atoms with E-state index in [1.807, 2.05) is 24.3 Å². The molecule has 4 heteroatoms. The van der Waals surface area contributed by atoms with Crippen molar-refractivity contribution >= 4 is 6.08 Å². The third-order valence-corrected chi connectivity index (χ3v) is 1.96. The van der Waals surface area contributed by atoms with Crippen molar-refractivity contribution in [2.75, 3.05) is 0 Å². The van der Waals surface area contributed by atoms with Crippen molar-refractivity contribution in [3.8, 4) is 11.5 Å². The number of hydrogen-bond donors (Lipinski definition) is 0. The summed E-state index contributed by atoms with van der Waals surface area (Å²) in [6.07, 6.45) is 4.63. The molecule has 74 valence electrons. The first-order valence-electron chi connectivity index (χ1n) is 4.42. The van der Waals surface area contributed by atoms with Gasteiger partial charge < -0.3 is 4.42 Å². The lowest BCUT2D eigenvalue weighted by atomic mass is 10.1. The van der Waals surface area contributed by atoms with Crippen LogP contribution in [0, 0.1) is 0 Å². The third-order valence-electron chi connectivity index (χ3n) is 1.96. The Labute approximate surface area is 86.3 Å². The third kappa shape index (κ3) is 2.18. The maximum atomic E-state index is 9.92. The molecule has 1 heterocycles. The normalized spacial score (nSPS) is 9.60. The van der Waals surface area contributed by atoms with E-state index >= 15 is 0 Å². The minimum Gasteiger partial charge on any atom is -0.445 e. The zero-order valence-corrected chi connectivity index (χ0v) is 7.88. The average molecular weight is 200 g/mol. The van der Waals surface area contributed by atoms with Gasteiger partial charge in [-0.1, -0.05) is 12.1 Å². The van der Waals surface area contributed by atoms with Crippen LogP contribution in [0.2, 0.25) is 0 Å². The van der Waals surface area contributed by atoms with Gasteiger partial charge in [0.1, 0.15) is 6.26 Å². The monoisotopic (exact) mass is 200 g/mol. The molecule has 0 saturated heterocycles. The lowest BCUT2D eigenvalue weighted by molar-refractivity contribution is 0.562. The summed E-state index contributed by atoms with van der Waals surface area (Å²) in [6.45, 7) is 0.357. The minimum absolute atomic E-state index is 0.357. The molecule has 0 spiro atoms. The summed E-state index contributed by atoms with van der Waals surface area (Å²) >= 11 is 0. The molecule has 0 amide bonds. The number of carbonyl (C=O) groups excluding carboxylic acids is 1. The molecule has 2 aromatic rings. The van der Waals surface area contributed by atoms with Crippen LogP contribution in [0.3, 0.4) is 0 Å². The summed E-state index contributed by atoms with van der Waals surface area (Å²) in [5.74, 6) is 0.584. The molecule has 0 saturated carbocycles. The van der Waals surface area contributed by atoms with Gasteiger partial charge in [0.2, 0.25) is 12.0 Å². The molecule has 4 nitrogen and oxygen atoms in total. The largest absolute Gasteiger partial charge is 0.445 e. The molecule has 15 heavy (non-hydrogen) atoms. The highest BCUT2D eigenvalue weighted by atomic mass is 16.3. The predicted octanol–water partition coefficient (Wildman–Crippen LogP) is 2.18. The van der Waals surface area contributed by atoms with Gasteiger partial charge >= 0.3 is 0 Å². The molecule has 0 N–H and O–H groups in total. The Morgan fingerprint density at radius 1 is 1.33 bits per heavy atom. The summed E-state index contributed by atoms with van der Waals surface area (Å²) in [5, 5.41) is 0. The van der Waals surface area contributed by atoms with Crippen LogP contribution in [-0.4, -0.2) is 11.1 Å². The Kier molecular flexibility index (Phi) is 2.72. The van der Waals surface area contributed by atoms with Crippen LogP contribution in [0.25, 0.3) is 11.5 Å². The Bertz CT molecular complexity index is 468. The molecule has 0 bridgehead atoms. The average Bonchev–Trinajstić information content (AvgIpc) is 2.80. The van der Waals surface area contributed by atoms with Gasteiger partial charge in [-0.3, -0.25) is 0 Å². The van der Waals surface area contributed by atoms with Crippen LogP contribution >= 0.6 is 0 Å². The Morgan fingerprint density at radius 2 is 2.13 bits per heavy atom. The summed E-state index contributed by atoms with van der Waals surface area (Å²) in [6, 6.07) is 7.50. The van der Waals surface area contributed by atoms with Gasteiger partial charge in [-0.25, -0.2) is 14.8 Å². The smallest absolute Gasteiger partial charge is 0.235 e. The number of aliphatic imine (C=N–C) groups is 1. The summed E-state index contributed by atoms with van der Waals surface area (Å²) in [7, 11) is 0. The van der Waals surface area contributed by atoms with E-state index in [0.29, 0.717) is 12.4 Å². The Hall–Kier alpha value is -2.19. The van der Waals surface area contributed by atoms with E-state index < -0.39 is 0 Å². The predicted molar refractivity (Wildman–Crippen MR) is 53.8 cm³/mol. The first-order valence-corrected chi connectivity index (χ1v) is 4.42. The van der Waals surface area contributed by atoms with Gasteiger partial charge in [-0.05, 0) is 17.7 Å². The Morgan fingerprint density at radius 3 is 2.73 bits per heavy atom. The van der Waals surface area contributed by atoms with Gasteiger partial charge in [-0.2, -0.15) is 0 Å². The molecular formula is C11H8N2O2. The second-order valence-electron chi connectivity index (χ2n) is 2.94. The standard InChI is InChI=1S/C11H8N2O2/c14-8-12-7-9-1-3-10(4-2-9)11-13-5-6-15-11/h1-6H,7H2. The van der Waals surface area contributed by atoms with E-state index in [-0.39, 0.29) is 0 Å². The molecule has 0 atom stereocenters.